The number of benzene rings is 2. The molecule has 1 unspecified atom stereocenters. The Labute approximate surface area is 159 Å². The Balaban J connectivity index is 1.68. The second kappa shape index (κ2) is 7.50. The van der Waals surface area contributed by atoms with Gasteiger partial charge in [-0.1, -0.05) is 37.6 Å². The van der Waals surface area contributed by atoms with Gasteiger partial charge in [-0.25, -0.2) is 0 Å². The summed E-state index contributed by atoms with van der Waals surface area (Å²) in [5.41, 5.74) is 3.73. The zero-order chi connectivity index (χ0) is 18.8. The highest BCUT2D eigenvalue weighted by atomic mass is 35.5. The van der Waals surface area contributed by atoms with E-state index in [4.69, 9.17) is 11.6 Å². The number of nitrogens with zero attached hydrogens (tertiary/aromatic N) is 1. The Hall–Kier alpha value is -2.33. The summed E-state index contributed by atoms with van der Waals surface area (Å²) in [4.78, 5) is 26.7. The van der Waals surface area contributed by atoms with Crippen LogP contribution < -0.4 is 10.2 Å². The molecule has 0 radical (unpaired) electrons. The van der Waals surface area contributed by atoms with Crippen LogP contribution in [0.5, 0.6) is 0 Å². The molecule has 26 heavy (non-hydrogen) atoms. The zero-order valence-corrected chi connectivity index (χ0v) is 16.0. The van der Waals surface area contributed by atoms with Crippen molar-refractivity contribution < 1.29 is 9.59 Å². The summed E-state index contributed by atoms with van der Waals surface area (Å²) >= 11 is 5.99. The minimum absolute atomic E-state index is 0.0364. The van der Waals surface area contributed by atoms with Crippen LogP contribution in [-0.4, -0.2) is 18.4 Å². The third-order valence-corrected chi connectivity index (χ3v) is 5.03. The van der Waals surface area contributed by atoms with Gasteiger partial charge in [-0.3, -0.25) is 9.59 Å². The van der Waals surface area contributed by atoms with E-state index in [0.717, 1.165) is 16.9 Å². The van der Waals surface area contributed by atoms with Crippen LogP contribution in [-0.2, 0) is 9.59 Å². The molecule has 1 aliphatic rings. The van der Waals surface area contributed by atoms with Crippen LogP contribution >= 0.6 is 11.6 Å². The van der Waals surface area contributed by atoms with Crippen molar-refractivity contribution in [3.05, 3.63) is 58.6 Å². The van der Waals surface area contributed by atoms with Crippen LogP contribution in [0.2, 0.25) is 5.02 Å². The zero-order valence-electron chi connectivity index (χ0n) is 15.3. The Morgan fingerprint density at radius 2 is 1.88 bits per heavy atom. The summed E-state index contributed by atoms with van der Waals surface area (Å²) in [6.07, 6.45) is 0.220. The quantitative estimate of drug-likeness (QED) is 0.843. The van der Waals surface area contributed by atoms with E-state index in [9.17, 15) is 9.59 Å². The number of rotatable bonds is 4. The van der Waals surface area contributed by atoms with E-state index in [-0.39, 0.29) is 24.2 Å². The highest BCUT2D eigenvalue weighted by molar-refractivity contribution is 6.30. The van der Waals surface area contributed by atoms with Gasteiger partial charge in [0.25, 0.3) is 0 Å². The molecule has 1 heterocycles. The van der Waals surface area contributed by atoms with E-state index < -0.39 is 0 Å². The normalized spacial score (nSPS) is 17.0. The highest BCUT2D eigenvalue weighted by Gasteiger charge is 2.35. The van der Waals surface area contributed by atoms with E-state index in [1.165, 1.54) is 5.56 Å². The third kappa shape index (κ3) is 3.91. The maximum Gasteiger partial charge on any atom is 0.229 e. The van der Waals surface area contributed by atoms with Crippen LogP contribution in [0.25, 0.3) is 0 Å². The van der Waals surface area contributed by atoms with Crippen molar-refractivity contribution in [3.8, 4) is 0 Å². The lowest BCUT2D eigenvalue weighted by molar-refractivity contribution is -0.122. The van der Waals surface area contributed by atoms with Gasteiger partial charge >= 0.3 is 0 Å². The third-order valence-electron chi connectivity index (χ3n) is 4.79. The Bertz CT molecular complexity index is 830. The summed E-state index contributed by atoms with van der Waals surface area (Å²) in [6.45, 7) is 6.56. The SMILES string of the molecule is Cc1cc(Cl)ccc1N1CC(C(=O)Nc2ccc(C(C)C)cc2)CC1=O. The Morgan fingerprint density at radius 3 is 2.50 bits per heavy atom. The van der Waals surface area contributed by atoms with Crippen LogP contribution in [0.15, 0.2) is 42.5 Å². The molecule has 1 saturated heterocycles. The number of hydrogen-bond acceptors (Lipinski definition) is 2. The Morgan fingerprint density at radius 1 is 1.19 bits per heavy atom. The number of nitrogens with one attached hydrogen (secondary N) is 1. The van der Waals surface area contributed by atoms with Crippen molar-refractivity contribution in [1.82, 2.24) is 0 Å². The number of anilines is 2. The molecule has 1 fully saturated rings. The van der Waals surface area contributed by atoms with Crippen LogP contribution in [0, 0.1) is 12.8 Å². The molecule has 2 amide bonds. The molecule has 3 rings (SSSR count). The molecular weight excluding hydrogens is 348 g/mol. The van der Waals surface area contributed by atoms with Crippen molar-refractivity contribution in [2.45, 2.75) is 33.1 Å². The first-order chi connectivity index (χ1) is 12.3. The van der Waals surface area contributed by atoms with Gasteiger partial charge in [0.1, 0.15) is 0 Å². The topological polar surface area (TPSA) is 49.4 Å². The summed E-state index contributed by atoms with van der Waals surface area (Å²) in [7, 11) is 0. The molecule has 2 aromatic carbocycles. The van der Waals surface area contributed by atoms with Gasteiger partial charge in [0, 0.05) is 29.4 Å². The standard InChI is InChI=1S/C21H23ClN2O2/c1-13(2)15-4-7-18(8-5-15)23-21(26)16-11-20(25)24(12-16)19-9-6-17(22)10-14(19)3/h4-10,13,16H,11-12H2,1-3H3,(H,23,26). The number of amides is 2. The van der Waals surface area contributed by atoms with E-state index in [1.54, 1.807) is 11.0 Å². The molecule has 0 bridgehead atoms. The lowest BCUT2D eigenvalue weighted by atomic mass is 10.0. The number of carbonyl (C=O) groups is 2. The molecule has 2 aromatic rings. The lowest BCUT2D eigenvalue weighted by Gasteiger charge is -2.19. The molecule has 0 aliphatic carbocycles. The van der Waals surface area contributed by atoms with Crippen LogP contribution in [0.3, 0.4) is 0 Å². The number of hydrogen-bond donors (Lipinski definition) is 1. The van der Waals surface area contributed by atoms with Crippen molar-refractivity contribution in [1.29, 1.82) is 0 Å². The van der Waals surface area contributed by atoms with Crippen molar-refractivity contribution in [2.24, 2.45) is 5.92 Å². The molecule has 0 aromatic heterocycles. The molecule has 4 nitrogen and oxygen atoms in total. The summed E-state index contributed by atoms with van der Waals surface area (Å²) < 4.78 is 0. The lowest BCUT2D eigenvalue weighted by Crippen LogP contribution is -2.28. The molecule has 0 saturated carbocycles. The second-order valence-electron chi connectivity index (χ2n) is 7.10. The molecule has 1 aliphatic heterocycles. The fourth-order valence-corrected chi connectivity index (χ4v) is 3.46. The maximum atomic E-state index is 12.6. The minimum atomic E-state index is -0.359. The van der Waals surface area contributed by atoms with Crippen LogP contribution in [0.1, 0.15) is 37.3 Å². The van der Waals surface area contributed by atoms with E-state index >= 15 is 0 Å². The van der Waals surface area contributed by atoms with Gasteiger partial charge in [0.15, 0.2) is 0 Å². The first-order valence-electron chi connectivity index (χ1n) is 8.82. The summed E-state index contributed by atoms with van der Waals surface area (Å²) in [5, 5.41) is 3.56. The number of carbonyl (C=O) groups excluding carboxylic acids is 2. The average molecular weight is 371 g/mol. The average Bonchev–Trinajstić information content (AvgIpc) is 2.97. The van der Waals surface area contributed by atoms with Crippen LogP contribution in [0.4, 0.5) is 11.4 Å². The summed E-state index contributed by atoms with van der Waals surface area (Å²) in [5.74, 6) is -0.0683. The first-order valence-corrected chi connectivity index (χ1v) is 9.20. The number of aryl methyl sites for hydroxylation is 1. The van der Waals surface area contributed by atoms with Gasteiger partial charge in [-0.05, 0) is 54.3 Å². The predicted molar refractivity (Wildman–Crippen MR) is 106 cm³/mol. The first kappa shape index (κ1) is 18.5. The second-order valence-corrected chi connectivity index (χ2v) is 7.54. The Kier molecular flexibility index (Phi) is 5.33. The van der Waals surface area contributed by atoms with Crippen molar-refractivity contribution in [3.63, 3.8) is 0 Å². The van der Waals surface area contributed by atoms with E-state index in [0.29, 0.717) is 17.5 Å². The van der Waals surface area contributed by atoms with Gasteiger partial charge in [-0.15, -0.1) is 0 Å². The molecule has 1 N–H and O–H groups in total. The smallest absolute Gasteiger partial charge is 0.229 e. The largest absolute Gasteiger partial charge is 0.326 e. The highest BCUT2D eigenvalue weighted by Crippen LogP contribution is 2.30. The molecule has 136 valence electrons. The maximum absolute atomic E-state index is 12.6. The minimum Gasteiger partial charge on any atom is -0.326 e. The van der Waals surface area contributed by atoms with E-state index in [2.05, 4.69) is 19.2 Å². The van der Waals surface area contributed by atoms with Gasteiger partial charge in [-0.2, -0.15) is 0 Å². The predicted octanol–water partition coefficient (Wildman–Crippen LogP) is 4.76. The van der Waals surface area contributed by atoms with Crippen molar-refractivity contribution in [2.75, 3.05) is 16.8 Å². The van der Waals surface area contributed by atoms with Gasteiger partial charge in [0.05, 0.1) is 5.92 Å². The molecular formula is C21H23ClN2O2. The van der Waals surface area contributed by atoms with Gasteiger partial charge in [0.2, 0.25) is 11.8 Å². The molecule has 1 atom stereocenters. The van der Waals surface area contributed by atoms with E-state index in [1.807, 2.05) is 43.3 Å². The molecule has 5 heteroatoms. The van der Waals surface area contributed by atoms with Crippen molar-refractivity contribution >= 4 is 34.8 Å². The molecule has 0 spiro atoms. The monoisotopic (exact) mass is 370 g/mol. The van der Waals surface area contributed by atoms with Gasteiger partial charge < -0.3 is 10.2 Å². The summed E-state index contributed by atoms with van der Waals surface area (Å²) in [6, 6.07) is 13.3. The fraction of sp³-hybridized carbons (Fsp3) is 0.333. The number of halogens is 1. The fourth-order valence-electron chi connectivity index (χ4n) is 3.23.